The summed E-state index contributed by atoms with van der Waals surface area (Å²) in [6.07, 6.45) is 3.99. The van der Waals surface area contributed by atoms with Gasteiger partial charge >= 0.3 is 0 Å². The molecule has 2 N–H and O–H groups in total. The van der Waals surface area contributed by atoms with E-state index in [-0.39, 0.29) is 11.9 Å². The molecule has 0 saturated carbocycles. The molecule has 1 atom stereocenters. The quantitative estimate of drug-likeness (QED) is 0.741. The summed E-state index contributed by atoms with van der Waals surface area (Å²) in [6.45, 7) is 7.75. The smallest absolute Gasteiger partial charge is 0.237 e. The first-order valence-corrected chi connectivity index (χ1v) is 6.81. The highest BCUT2D eigenvalue weighted by molar-refractivity contribution is 5.81. The van der Waals surface area contributed by atoms with Gasteiger partial charge in [0.25, 0.3) is 0 Å². The van der Waals surface area contributed by atoms with Crippen molar-refractivity contribution in [3.05, 3.63) is 0 Å². The number of hydrogen-bond donors (Lipinski definition) is 2. The first kappa shape index (κ1) is 14.5. The standard InChI is InChI=1S/C13H26N2O2/c1-4-11(5-2)15-13(16)10(3)14-12-6-8-17-9-7-12/h10-12,14H,4-9H2,1-3H3,(H,15,16). The molecule has 4 heteroatoms. The van der Waals surface area contributed by atoms with E-state index in [2.05, 4.69) is 24.5 Å². The van der Waals surface area contributed by atoms with Crippen LogP contribution in [0.5, 0.6) is 0 Å². The number of carbonyl (C=O) groups is 1. The molecule has 1 rings (SSSR count). The van der Waals surface area contributed by atoms with Gasteiger partial charge in [0, 0.05) is 25.3 Å². The lowest BCUT2D eigenvalue weighted by molar-refractivity contribution is -0.123. The van der Waals surface area contributed by atoms with Crippen LogP contribution in [-0.2, 0) is 9.53 Å². The second-order valence-electron chi connectivity index (χ2n) is 4.80. The number of amides is 1. The monoisotopic (exact) mass is 242 g/mol. The minimum atomic E-state index is -0.112. The van der Waals surface area contributed by atoms with E-state index >= 15 is 0 Å². The topological polar surface area (TPSA) is 50.4 Å². The number of nitrogens with one attached hydrogen (secondary N) is 2. The lowest BCUT2D eigenvalue weighted by Gasteiger charge is -2.27. The number of carbonyl (C=O) groups excluding carboxylic acids is 1. The van der Waals surface area contributed by atoms with E-state index in [4.69, 9.17) is 4.74 Å². The number of hydrogen-bond acceptors (Lipinski definition) is 3. The van der Waals surface area contributed by atoms with Gasteiger partial charge in [0.2, 0.25) is 5.91 Å². The van der Waals surface area contributed by atoms with Crippen LogP contribution >= 0.6 is 0 Å². The highest BCUT2D eigenvalue weighted by Crippen LogP contribution is 2.07. The predicted molar refractivity (Wildman–Crippen MR) is 69.0 cm³/mol. The van der Waals surface area contributed by atoms with Crippen LogP contribution in [0, 0.1) is 0 Å². The summed E-state index contributed by atoms with van der Waals surface area (Å²) in [5, 5.41) is 6.45. The number of rotatable bonds is 6. The molecule has 0 aromatic heterocycles. The Hall–Kier alpha value is -0.610. The fraction of sp³-hybridized carbons (Fsp3) is 0.923. The van der Waals surface area contributed by atoms with Crippen molar-refractivity contribution in [1.82, 2.24) is 10.6 Å². The fourth-order valence-electron chi connectivity index (χ4n) is 2.11. The lowest BCUT2D eigenvalue weighted by atomic mass is 10.1. The minimum absolute atomic E-state index is 0.112. The molecule has 4 nitrogen and oxygen atoms in total. The van der Waals surface area contributed by atoms with Crippen LogP contribution in [0.2, 0.25) is 0 Å². The summed E-state index contributed by atoms with van der Waals surface area (Å²) >= 11 is 0. The van der Waals surface area contributed by atoms with E-state index in [0.717, 1.165) is 38.9 Å². The van der Waals surface area contributed by atoms with E-state index in [1.807, 2.05) is 6.92 Å². The van der Waals surface area contributed by atoms with Crippen molar-refractivity contribution in [3.63, 3.8) is 0 Å². The summed E-state index contributed by atoms with van der Waals surface area (Å²) in [7, 11) is 0. The highest BCUT2D eigenvalue weighted by Gasteiger charge is 2.20. The molecule has 1 unspecified atom stereocenters. The maximum Gasteiger partial charge on any atom is 0.237 e. The molecule has 0 bridgehead atoms. The molecule has 1 fully saturated rings. The third-order valence-corrected chi connectivity index (χ3v) is 3.43. The molecule has 0 aromatic rings. The van der Waals surface area contributed by atoms with Crippen molar-refractivity contribution in [2.24, 2.45) is 0 Å². The lowest BCUT2D eigenvalue weighted by Crippen LogP contribution is -2.50. The van der Waals surface area contributed by atoms with Crippen LogP contribution in [0.4, 0.5) is 0 Å². The van der Waals surface area contributed by atoms with E-state index in [1.54, 1.807) is 0 Å². The Morgan fingerprint density at radius 3 is 2.41 bits per heavy atom. The predicted octanol–water partition coefficient (Wildman–Crippen LogP) is 1.45. The Morgan fingerprint density at radius 2 is 1.88 bits per heavy atom. The highest BCUT2D eigenvalue weighted by atomic mass is 16.5. The van der Waals surface area contributed by atoms with Gasteiger partial charge in [-0.3, -0.25) is 4.79 Å². The molecule has 100 valence electrons. The van der Waals surface area contributed by atoms with Crippen molar-refractivity contribution in [2.75, 3.05) is 13.2 Å². The summed E-state index contributed by atoms with van der Waals surface area (Å²) in [5.74, 6) is 0.116. The maximum atomic E-state index is 11.9. The van der Waals surface area contributed by atoms with Crippen LogP contribution in [0.25, 0.3) is 0 Å². The van der Waals surface area contributed by atoms with Gasteiger partial charge in [-0.15, -0.1) is 0 Å². The van der Waals surface area contributed by atoms with Gasteiger partial charge in [-0.2, -0.15) is 0 Å². The van der Waals surface area contributed by atoms with Gasteiger partial charge in [-0.05, 0) is 32.6 Å². The Labute approximate surface area is 104 Å². The molecular formula is C13H26N2O2. The zero-order valence-electron chi connectivity index (χ0n) is 11.3. The molecule has 1 aliphatic rings. The zero-order valence-corrected chi connectivity index (χ0v) is 11.3. The van der Waals surface area contributed by atoms with Crippen molar-refractivity contribution in [3.8, 4) is 0 Å². The van der Waals surface area contributed by atoms with Crippen molar-refractivity contribution in [2.45, 2.75) is 64.6 Å². The summed E-state index contributed by atoms with van der Waals surface area (Å²) < 4.78 is 5.30. The molecule has 17 heavy (non-hydrogen) atoms. The largest absolute Gasteiger partial charge is 0.381 e. The fourth-order valence-corrected chi connectivity index (χ4v) is 2.11. The summed E-state index contributed by atoms with van der Waals surface area (Å²) in [4.78, 5) is 11.9. The number of ether oxygens (including phenoxy) is 1. The Bertz CT molecular complexity index is 223. The second-order valence-corrected chi connectivity index (χ2v) is 4.80. The van der Waals surface area contributed by atoms with Gasteiger partial charge in [0.05, 0.1) is 6.04 Å². The van der Waals surface area contributed by atoms with Crippen LogP contribution < -0.4 is 10.6 Å². The molecule has 0 spiro atoms. The van der Waals surface area contributed by atoms with Gasteiger partial charge in [-0.1, -0.05) is 13.8 Å². The van der Waals surface area contributed by atoms with Crippen LogP contribution in [0.3, 0.4) is 0 Å². The van der Waals surface area contributed by atoms with Crippen molar-refractivity contribution < 1.29 is 9.53 Å². The van der Waals surface area contributed by atoms with Crippen molar-refractivity contribution >= 4 is 5.91 Å². The Kier molecular flexibility index (Phi) is 6.52. The third-order valence-electron chi connectivity index (χ3n) is 3.43. The maximum absolute atomic E-state index is 11.9. The molecule has 0 radical (unpaired) electrons. The molecule has 0 aliphatic carbocycles. The van der Waals surface area contributed by atoms with E-state index < -0.39 is 0 Å². The first-order valence-electron chi connectivity index (χ1n) is 6.81. The second kappa shape index (κ2) is 7.67. The van der Waals surface area contributed by atoms with Gasteiger partial charge in [0.1, 0.15) is 0 Å². The first-order chi connectivity index (χ1) is 8.17. The average Bonchev–Trinajstić information content (AvgIpc) is 2.36. The molecule has 1 heterocycles. The SMILES string of the molecule is CCC(CC)NC(=O)C(C)NC1CCOCC1. The molecule has 1 aliphatic heterocycles. The molecule has 1 amide bonds. The average molecular weight is 242 g/mol. The summed E-state index contributed by atoms with van der Waals surface area (Å²) in [6, 6.07) is 0.617. The van der Waals surface area contributed by atoms with Gasteiger partial charge in [0.15, 0.2) is 0 Å². The van der Waals surface area contributed by atoms with Crippen molar-refractivity contribution in [1.29, 1.82) is 0 Å². The minimum Gasteiger partial charge on any atom is -0.381 e. The Balaban J connectivity index is 2.30. The van der Waals surface area contributed by atoms with Crippen LogP contribution in [0.1, 0.15) is 46.5 Å². The normalized spacial score (nSPS) is 19.3. The third kappa shape index (κ3) is 5.04. The van der Waals surface area contributed by atoms with E-state index in [1.165, 1.54) is 0 Å². The van der Waals surface area contributed by atoms with Crippen LogP contribution in [0.15, 0.2) is 0 Å². The summed E-state index contributed by atoms with van der Waals surface area (Å²) in [5.41, 5.74) is 0. The zero-order chi connectivity index (χ0) is 12.7. The van der Waals surface area contributed by atoms with E-state index in [9.17, 15) is 4.79 Å². The molecule has 0 aromatic carbocycles. The van der Waals surface area contributed by atoms with Gasteiger partial charge in [-0.25, -0.2) is 0 Å². The van der Waals surface area contributed by atoms with Gasteiger partial charge < -0.3 is 15.4 Å². The van der Waals surface area contributed by atoms with Crippen LogP contribution in [-0.4, -0.2) is 37.2 Å². The molecule has 1 saturated heterocycles. The Morgan fingerprint density at radius 1 is 1.29 bits per heavy atom. The molecular weight excluding hydrogens is 216 g/mol. The van der Waals surface area contributed by atoms with E-state index in [0.29, 0.717) is 12.1 Å².